The Bertz CT molecular complexity index is 948. The first-order chi connectivity index (χ1) is 13.2. The van der Waals surface area contributed by atoms with E-state index in [2.05, 4.69) is 9.71 Å². The van der Waals surface area contributed by atoms with Crippen LogP contribution in [0, 0.1) is 0 Å². The number of benzene rings is 1. The fourth-order valence-electron chi connectivity index (χ4n) is 2.69. The number of alkyl halides is 3. The summed E-state index contributed by atoms with van der Waals surface area (Å²) in [5.41, 5.74) is -0.512. The van der Waals surface area contributed by atoms with Crippen LogP contribution in [-0.2, 0) is 27.5 Å². The number of ether oxygens (including phenoxy) is 1. The highest BCUT2D eigenvalue weighted by Gasteiger charge is 2.31. The van der Waals surface area contributed by atoms with Crippen LogP contribution in [0.25, 0.3) is 4.72 Å². The second kappa shape index (κ2) is 8.24. The van der Waals surface area contributed by atoms with Crippen molar-refractivity contribution in [3.63, 3.8) is 0 Å². The highest BCUT2D eigenvalue weighted by Crippen LogP contribution is 2.35. The van der Waals surface area contributed by atoms with Crippen molar-refractivity contribution < 1.29 is 31.3 Å². The first-order valence-electron chi connectivity index (χ1n) is 8.31. The molecule has 0 unspecified atom stereocenters. The van der Waals surface area contributed by atoms with Crippen molar-refractivity contribution in [2.75, 3.05) is 31.2 Å². The van der Waals surface area contributed by atoms with Gasteiger partial charge in [-0.05, 0) is 24.3 Å². The highest BCUT2D eigenvalue weighted by molar-refractivity contribution is 7.94. The van der Waals surface area contributed by atoms with Gasteiger partial charge in [-0.3, -0.25) is 4.90 Å². The molecule has 1 N–H and O–H groups in total. The molecule has 28 heavy (non-hydrogen) atoms. The van der Waals surface area contributed by atoms with Crippen molar-refractivity contribution in [2.45, 2.75) is 17.6 Å². The predicted octanol–water partition coefficient (Wildman–Crippen LogP) is 3.27. The summed E-state index contributed by atoms with van der Waals surface area (Å²) in [6.07, 6.45) is -3.03. The van der Waals surface area contributed by atoms with Crippen LogP contribution in [0.5, 0.6) is 0 Å². The van der Waals surface area contributed by atoms with Crippen LogP contribution in [0.15, 0.2) is 41.4 Å². The Balaban J connectivity index is 1.77. The SMILES string of the molecule is O=S(=O)([N-]Cc1cc[nH+]c(N2CCOCC2)c1)c1cc(C(F)(F)F)ccc1Cl. The summed E-state index contributed by atoms with van der Waals surface area (Å²) in [6, 6.07) is 5.53. The normalized spacial score (nSPS) is 15.6. The second-order valence-corrected chi connectivity index (χ2v) is 8.14. The van der Waals surface area contributed by atoms with Crippen molar-refractivity contribution in [3.8, 4) is 0 Å². The lowest BCUT2D eigenvalue weighted by Crippen LogP contribution is -2.39. The van der Waals surface area contributed by atoms with Gasteiger partial charge in [0.05, 0.1) is 34.9 Å². The Morgan fingerprint density at radius 3 is 2.57 bits per heavy atom. The summed E-state index contributed by atoms with van der Waals surface area (Å²) >= 11 is 5.81. The summed E-state index contributed by atoms with van der Waals surface area (Å²) in [5.74, 6) is 0.783. The molecule has 0 radical (unpaired) electrons. The number of nitrogens with one attached hydrogen (secondary N) is 1. The molecule has 6 nitrogen and oxygen atoms in total. The highest BCUT2D eigenvalue weighted by atomic mass is 35.5. The van der Waals surface area contributed by atoms with E-state index in [1.807, 2.05) is 4.90 Å². The number of aromatic nitrogens is 1. The van der Waals surface area contributed by atoms with Gasteiger partial charge < -0.3 is 9.46 Å². The topological polar surface area (TPSA) is 74.9 Å². The van der Waals surface area contributed by atoms with Crippen molar-refractivity contribution >= 4 is 27.4 Å². The van der Waals surface area contributed by atoms with Crippen LogP contribution in [0.4, 0.5) is 19.0 Å². The second-order valence-electron chi connectivity index (χ2n) is 6.09. The number of H-pyrrole nitrogens is 1. The molecule has 1 aromatic heterocycles. The first kappa shape index (κ1) is 20.8. The van der Waals surface area contributed by atoms with Gasteiger partial charge in [0.1, 0.15) is 23.1 Å². The van der Waals surface area contributed by atoms with Gasteiger partial charge in [-0.1, -0.05) is 17.2 Å². The van der Waals surface area contributed by atoms with E-state index in [9.17, 15) is 21.6 Å². The van der Waals surface area contributed by atoms with Gasteiger partial charge in [-0.25, -0.2) is 13.4 Å². The number of aromatic amines is 1. The van der Waals surface area contributed by atoms with E-state index < -0.39 is 26.7 Å². The predicted molar refractivity (Wildman–Crippen MR) is 96.7 cm³/mol. The summed E-state index contributed by atoms with van der Waals surface area (Å²) in [4.78, 5) is 4.45. The number of anilines is 1. The number of hydrogen-bond acceptors (Lipinski definition) is 4. The lowest BCUT2D eigenvalue weighted by molar-refractivity contribution is -0.364. The minimum Gasteiger partial charge on any atom is -0.541 e. The molecular formula is C17H17ClF3N3O3S. The molecular weight excluding hydrogens is 419 g/mol. The van der Waals surface area contributed by atoms with Crippen molar-refractivity contribution in [2.24, 2.45) is 0 Å². The third kappa shape index (κ3) is 4.93. The minimum atomic E-state index is -4.68. The number of halogens is 4. The average molecular weight is 436 g/mol. The summed E-state index contributed by atoms with van der Waals surface area (Å²) in [5, 5.41) is -0.313. The standard InChI is InChI=1S/C17H16ClF3N3O3S/c18-14-2-1-13(17(19,20)21)10-15(14)28(25,26)23-11-12-3-4-22-16(9-12)24-5-7-27-8-6-24/h1-4,9-10H,5-8,11H2/q-1/p+1. The van der Waals surface area contributed by atoms with Crippen molar-refractivity contribution in [1.82, 2.24) is 0 Å². The Morgan fingerprint density at radius 2 is 1.89 bits per heavy atom. The quantitative estimate of drug-likeness (QED) is 0.722. The molecule has 11 heteroatoms. The maximum absolute atomic E-state index is 12.9. The van der Waals surface area contributed by atoms with Crippen LogP contribution < -0.4 is 9.88 Å². The maximum Gasteiger partial charge on any atom is 0.416 e. The number of sulfonamides is 1. The fourth-order valence-corrected chi connectivity index (χ4v) is 4.15. The number of morpholine rings is 1. The van der Waals surface area contributed by atoms with Crippen LogP contribution in [0.1, 0.15) is 11.1 Å². The summed E-state index contributed by atoms with van der Waals surface area (Å²) in [7, 11) is -4.36. The molecule has 0 aliphatic carbocycles. The van der Waals surface area contributed by atoms with Crippen LogP contribution in [0.2, 0.25) is 5.02 Å². The van der Waals surface area contributed by atoms with E-state index in [0.29, 0.717) is 37.9 Å². The summed E-state index contributed by atoms with van der Waals surface area (Å²) < 4.78 is 72.4. The van der Waals surface area contributed by atoms with Crippen molar-refractivity contribution in [3.05, 3.63) is 57.4 Å². The molecule has 2 aromatic rings. The summed E-state index contributed by atoms with van der Waals surface area (Å²) in [6.45, 7) is 2.33. The zero-order valence-corrected chi connectivity index (χ0v) is 16.1. The zero-order valence-electron chi connectivity index (χ0n) is 14.5. The molecule has 3 rings (SSSR count). The van der Waals surface area contributed by atoms with Gasteiger partial charge >= 0.3 is 6.18 Å². The fraction of sp³-hybridized carbons (Fsp3) is 0.353. The van der Waals surface area contributed by atoms with Gasteiger partial charge in [0, 0.05) is 6.07 Å². The van der Waals surface area contributed by atoms with E-state index >= 15 is 0 Å². The van der Waals surface area contributed by atoms with E-state index in [0.717, 1.165) is 18.0 Å². The van der Waals surface area contributed by atoms with E-state index in [1.165, 1.54) is 0 Å². The van der Waals surface area contributed by atoms with E-state index in [4.69, 9.17) is 16.3 Å². The largest absolute Gasteiger partial charge is 0.541 e. The van der Waals surface area contributed by atoms with Crippen molar-refractivity contribution in [1.29, 1.82) is 0 Å². The van der Waals surface area contributed by atoms with E-state index in [1.54, 1.807) is 18.3 Å². The van der Waals surface area contributed by atoms with Crippen LogP contribution >= 0.6 is 11.6 Å². The molecule has 0 amide bonds. The number of nitrogens with zero attached hydrogens (tertiary/aromatic N) is 2. The van der Waals surface area contributed by atoms with Gasteiger partial charge in [-0.2, -0.15) is 13.2 Å². The number of pyridine rings is 1. The molecule has 0 saturated carbocycles. The van der Waals surface area contributed by atoms with Crippen LogP contribution in [-0.4, -0.2) is 34.7 Å². The van der Waals surface area contributed by atoms with Gasteiger partial charge in [-0.15, -0.1) is 6.54 Å². The van der Waals surface area contributed by atoms with E-state index in [-0.39, 0.29) is 11.6 Å². The molecule has 1 saturated heterocycles. The maximum atomic E-state index is 12.9. The Morgan fingerprint density at radius 1 is 1.18 bits per heavy atom. The minimum absolute atomic E-state index is 0.221. The molecule has 0 spiro atoms. The molecule has 1 aliphatic heterocycles. The molecule has 1 aromatic carbocycles. The Labute approximate surface area is 165 Å². The van der Waals surface area contributed by atoms with Gasteiger partial charge in [0.15, 0.2) is 0 Å². The number of rotatable bonds is 5. The first-order valence-corrected chi connectivity index (χ1v) is 10.1. The third-order valence-corrected chi connectivity index (χ3v) is 5.96. The lowest BCUT2D eigenvalue weighted by Gasteiger charge is -2.23. The molecule has 1 aliphatic rings. The Kier molecular flexibility index (Phi) is 6.13. The average Bonchev–Trinajstić information content (AvgIpc) is 2.67. The van der Waals surface area contributed by atoms with Gasteiger partial charge in [0.2, 0.25) is 0 Å². The van der Waals surface area contributed by atoms with Gasteiger partial charge in [0.25, 0.3) is 5.82 Å². The molecule has 0 bridgehead atoms. The molecule has 0 atom stereocenters. The molecule has 152 valence electrons. The van der Waals surface area contributed by atoms with Crippen LogP contribution in [0.3, 0.4) is 0 Å². The number of hydrogen-bond donors (Lipinski definition) is 0. The zero-order chi connectivity index (χ0) is 20.4. The third-order valence-electron chi connectivity index (χ3n) is 4.16. The lowest BCUT2D eigenvalue weighted by atomic mass is 10.2. The molecule has 1 fully saturated rings. The monoisotopic (exact) mass is 435 g/mol. The molecule has 2 heterocycles. The Hall–Kier alpha value is -1.88. The smallest absolute Gasteiger partial charge is 0.416 e.